The van der Waals surface area contributed by atoms with Crippen molar-refractivity contribution in [1.82, 2.24) is 4.98 Å². The van der Waals surface area contributed by atoms with Gasteiger partial charge in [-0.05, 0) is 49.2 Å². The minimum Gasteiger partial charge on any atom is -0.321 e. The molecule has 18 heavy (non-hydrogen) atoms. The third kappa shape index (κ3) is 2.96. The van der Waals surface area contributed by atoms with Gasteiger partial charge >= 0.3 is 0 Å². The number of halogens is 1. The second-order valence-electron chi connectivity index (χ2n) is 4.14. The molecule has 1 N–H and O–H groups in total. The normalized spacial score (nSPS) is 10.2. The number of hydrogen-bond donors (Lipinski definition) is 1. The third-order valence-corrected chi connectivity index (χ3v) is 2.98. The molecule has 4 heteroatoms. The van der Waals surface area contributed by atoms with Gasteiger partial charge in [-0.1, -0.05) is 22.0 Å². The van der Waals surface area contributed by atoms with Gasteiger partial charge in [0, 0.05) is 16.4 Å². The standard InChI is InChI=1S/C14H13BrN2O/c1-9-6-11(15)8-12(7-9)17-14(18)13-10(2)4-3-5-16-13/h3-8H,1-2H3,(H,17,18). The summed E-state index contributed by atoms with van der Waals surface area (Å²) in [7, 11) is 0. The SMILES string of the molecule is Cc1cc(Br)cc(NC(=O)c2ncccc2C)c1. The molecule has 0 saturated heterocycles. The molecule has 0 spiro atoms. The third-order valence-electron chi connectivity index (χ3n) is 2.52. The first kappa shape index (κ1) is 12.8. The molecule has 0 atom stereocenters. The van der Waals surface area contributed by atoms with Crippen molar-refractivity contribution in [3.8, 4) is 0 Å². The van der Waals surface area contributed by atoms with Gasteiger partial charge in [-0.3, -0.25) is 9.78 Å². The van der Waals surface area contributed by atoms with Gasteiger partial charge in [-0.15, -0.1) is 0 Å². The Hall–Kier alpha value is -1.68. The quantitative estimate of drug-likeness (QED) is 0.919. The molecule has 1 heterocycles. The maximum Gasteiger partial charge on any atom is 0.274 e. The number of aromatic nitrogens is 1. The molecule has 0 radical (unpaired) electrons. The van der Waals surface area contributed by atoms with Crippen LogP contribution in [0.25, 0.3) is 0 Å². The van der Waals surface area contributed by atoms with Gasteiger partial charge in [-0.25, -0.2) is 0 Å². The van der Waals surface area contributed by atoms with Crippen LogP contribution in [-0.4, -0.2) is 10.9 Å². The fourth-order valence-corrected chi connectivity index (χ4v) is 2.33. The number of carbonyl (C=O) groups excluding carboxylic acids is 1. The second kappa shape index (κ2) is 5.31. The molecule has 0 saturated carbocycles. The van der Waals surface area contributed by atoms with E-state index in [0.717, 1.165) is 21.3 Å². The van der Waals surface area contributed by atoms with Gasteiger partial charge in [0.05, 0.1) is 0 Å². The highest BCUT2D eigenvalue weighted by Gasteiger charge is 2.10. The minimum absolute atomic E-state index is 0.189. The smallest absolute Gasteiger partial charge is 0.274 e. The van der Waals surface area contributed by atoms with Crippen LogP contribution in [0.2, 0.25) is 0 Å². The number of benzene rings is 1. The lowest BCUT2D eigenvalue weighted by molar-refractivity contribution is 0.102. The number of rotatable bonds is 2. The van der Waals surface area contributed by atoms with E-state index in [2.05, 4.69) is 26.2 Å². The van der Waals surface area contributed by atoms with E-state index in [9.17, 15) is 4.79 Å². The highest BCUT2D eigenvalue weighted by Crippen LogP contribution is 2.19. The van der Waals surface area contributed by atoms with Crippen LogP contribution in [0.1, 0.15) is 21.6 Å². The van der Waals surface area contributed by atoms with E-state index in [4.69, 9.17) is 0 Å². The van der Waals surface area contributed by atoms with Gasteiger partial charge in [0.25, 0.3) is 5.91 Å². The van der Waals surface area contributed by atoms with Crippen LogP contribution in [0.4, 0.5) is 5.69 Å². The lowest BCUT2D eigenvalue weighted by atomic mass is 10.2. The van der Waals surface area contributed by atoms with Crippen LogP contribution in [0.15, 0.2) is 41.0 Å². The number of anilines is 1. The van der Waals surface area contributed by atoms with Crippen LogP contribution >= 0.6 is 15.9 Å². The number of amides is 1. The molecule has 3 nitrogen and oxygen atoms in total. The summed E-state index contributed by atoms with van der Waals surface area (Å²) in [5.41, 5.74) is 3.16. The number of nitrogens with zero attached hydrogens (tertiary/aromatic N) is 1. The molecule has 2 rings (SSSR count). The molecule has 2 aromatic rings. The highest BCUT2D eigenvalue weighted by molar-refractivity contribution is 9.10. The molecule has 1 aromatic carbocycles. The number of aryl methyl sites for hydroxylation is 2. The van der Waals surface area contributed by atoms with Crippen molar-refractivity contribution in [1.29, 1.82) is 0 Å². The Labute approximate surface area is 114 Å². The second-order valence-corrected chi connectivity index (χ2v) is 5.06. The summed E-state index contributed by atoms with van der Waals surface area (Å²) >= 11 is 3.41. The lowest BCUT2D eigenvalue weighted by Crippen LogP contribution is -2.15. The molecule has 1 amide bonds. The highest BCUT2D eigenvalue weighted by atomic mass is 79.9. The van der Waals surface area contributed by atoms with Crippen molar-refractivity contribution >= 4 is 27.5 Å². The largest absolute Gasteiger partial charge is 0.321 e. The first-order chi connectivity index (χ1) is 8.56. The molecule has 0 aliphatic rings. The zero-order valence-corrected chi connectivity index (χ0v) is 11.8. The van der Waals surface area contributed by atoms with Crippen molar-refractivity contribution in [2.45, 2.75) is 13.8 Å². The number of pyridine rings is 1. The van der Waals surface area contributed by atoms with E-state index >= 15 is 0 Å². The van der Waals surface area contributed by atoms with Gasteiger partial charge in [0.1, 0.15) is 5.69 Å². The predicted octanol–water partition coefficient (Wildman–Crippen LogP) is 3.71. The summed E-state index contributed by atoms with van der Waals surface area (Å²) in [4.78, 5) is 16.2. The molecule has 1 aromatic heterocycles. The van der Waals surface area contributed by atoms with Crippen molar-refractivity contribution in [3.63, 3.8) is 0 Å². The van der Waals surface area contributed by atoms with Crippen molar-refractivity contribution in [2.24, 2.45) is 0 Å². The zero-order chi connectivity index (χ0) is 13.1. The first-order valence-corrected chi connectivity index (χ1v) is 6.36. The van der Waals surface area contributed by atoms with Gasteiger partial charge in [-0.2, -0.15) is 0 Å². The topological polar surface area (TPSA) is 42.0 Å². The maximum absolute atomic E-state index is 12.1. The summed E-state index contributed by atoms with van der Waals surface area (Å²) in [6.07, 6.45) is 1.62. The zero-order valence-electron chi connectivity index (χ0n) is 10.2. The Bertz CT molecular complexity index is 576. The Balaban J connectivity index is 2.24. The number of hydrogen-bond acceptors (Lipinski definition) is 2. The summed E-state index contributed by atoms with van der Waals surface area (Å²) in [6, 6.07) is 9.45. The molecule has 92 valence electrons. The van der Waals surface area contributed by atoms with Gasteiger partial charge in [0.2, 0.25) is 0 Å². The van der Waals surface area contributed by atoms with Gasteiger partial charge in [0.15, 0.2) is 0 Å². The Morgan fingerprint density at radius 3 is 2.72 bits per heavy atom. The van der Waals surface area contributed by atoms with E-state index < -0.39 is 0 Å². The van der Waals surface area contributed by atoms with Gasteiger partial charge < -0.3 is 5.32 Å². The summed E-state index contributed by atoms with van der Waals surface area (Å²) < 4.78 is 0.940. The average molecular weight is 305 g/mol. The Kier molecular flexibility index (Phi) is 3.77. The van der Waals surface area contributed by atoms with Crippen molar-refractivity contribution in [3.05, 3.63) is 57.8 Å². The minimum atomic E-state index is -0.189. The maximum atomic E-state index is 12.1. The van der Waals surface area contributed by atoms with E-state index in [-0.39, 0.29) is 5.91 Å². The van der Waals surface area contributed by atoms with Crippen LogP contribution in [0.5, 0.6) is 0 Å². The average Bonchev–Trinajstić information content (AvgIpc) is 2.27. The number of nitrogens with one attached hydrogen (secondary N) is 1. The molecule has 0 fully saturated rings. The predicted molar refractivity (Wildman–Crippen MR) is 75.8 cm³/mol. The van der Waals surface area contributed by atoms with Crippen LogP contribution < -0.4 is 5.32 Å². The molecule has 0 bridgehead atoms. The van der Waals surface area contributed by atoms with E-state index in [1.54, 1.807) is 6.20 Å². The van der Waals surface area contributed by atoms with Crippen molar-refractivity contribution < 1.29 is 4.79 Å². The van der Waals surface area contributed by atoms with E-state index in [1.165, 1.54) is 0 Å². The first-order valence-electron chi connectivity index (χ1n) is 5.56. The molecule has 0 aliphatic carbocycles. The monoisotopic (exact) mass is 304 g/mol. The van der Waals surface area contributed by atoms with Crippen LogP contribution in [-0.2, 0) is 0 Å². The van der Waals surface area contributed by atoms with Crippen LogP contribution in [0.3, 0.4) is 0 Å². The summed E-state index contributed by atoms with van der Waals surface area (Å²) in [5, 5.41) is 2.85. The van der Waals surface area contributed by atoms with Crippen LogP contribution in [0, 0.1) is 13.8 Å². The fraction of sp³-hybridized carbons (Fsp3) is 0.143. The van der Waals surface area contributed by atoms with E-state index in [1.807, 2.05) is 44.2 Å². The Morgan fingerprint density at radius 2 is 2.06 bits per heavy atom. The molecule has 0 unspecified atom stereocenters. The number of carbonyl (C=O) groups is 1. The molecular weight excluding hydrogens is 292 g/mol. The molecular formula is C14H13BrN2O. The summed E-state index contributed by atoms with van der Waals surface area (Å²) in [5.74, 6) is -0.189. The lowest BCUT2D eigenvalue weighted by Gasteiger charge is -2.08. The Morgan fingerprint density at radius 1 is 1.28 bits per heavy atom. The molecule has 0 aliphatic heterocycles. The summed E-state index contributed by atoms with van der Waals surface area (Å²) in [6.45, 7) is 3.85. The van der Waals surface area contributed by atoms with Crippen molar-refractivity contribution in [2.75, 3.05) is 5.32 Å². The fourth-order valence-electron chi connectivity index (χ4n) is 1.72. The van der Waals surface area contributed by atoms with E-state index in [0.29, 0.717) is 5.69 Å².